The second-order valence-corrected chi connectivity index (χ2v) is 9.89. The molecule has 2 N–H and O–H groups in total. The molecule has 0 aliphatic carbocycles. The van der Waals surface area contributed by atoms with Crippen molar-refractivity contribution in [1.82, 2.24) is 20.0 Å². The molecule has 0 unspecified atom stereocenters. The van der Waals surface area contributed by atoms with Gasteiger partial charge in [0.2, 0.25) is 5.91 Å². The number of aromatic nitrogens is 2. The van der Waals surface area contributed by atoms with Gasteiger partial charge in [-0.1, -0.05) is 12.1 Å². The van der Waals surface area contributed by atoms with E-state index in [2.05, 4.69) is 31.7 Å². The van der Waals surface area contributed by atoms with Gasteiger partial charge in [0.05, 0.1) is 43.0 Å². The molecule has 3 amide bonds. The summed E-state index contributed by atoms with van der Waals surface area (Å²) in [4.78, 5) is 38.0. The highest BCUT2D eigenvalue weighted by Gasteiger charge is 2.47. The summed E-state index contributed by atoms with van der Waals surface area (Å²) in [5.41, 5.74) is 0.402. The topological polar surface area (TPSA) is 120 Å². The Morgan fingerprint density at radius 2 is 1.73 bits per heavy atom. The molecule has 2 heterocycles. The molecule has 41 heavy (non-hydrogen) atoms. The zero-order valence-electron chi connectivity index (χ0n) is 20.9. The minimum Gasteiger partial charge on any atom is -0.343 e. The minimum absolute atomic E-state index is 0.0540. The summed E-state index contributed by atoms with van der Waals surface area (Å²) in [7, 11) is 0. The van der Waals surface area contributed by atoms with Gasteiger partial charge in [-0.15, -0.1) is 0 Å². The van der Waals surface area contributed by atoms with E-state index in [1.165, 1.54) is 10.9 Å². The van der Waals surface area contributed by atoms with Crippen LogP contribution in [0.1, 0.15) is 38.3 Å². The van der Waals surface area contributed by atoms with E-state index in [-0.39, 0.29) is 22.3 Å². The standard InChI is InChI=1S/C26H20BrF5N6O3/c27-22-20(24(41)34-12-21(39)37-14-25(28,29)9-19(37)10-33)11-35-38(22)13-15-1-7-18(8-2-15)36-23(40)16-3-5-17(6-4-16)26(30,31)32/h1-8,11,19H,9,12-14H2,(H,34,41)(H,36,40)/t19-/m0/s1. The van der Waals surface area contributed by atoms with Crippen LogP contribution in [0.2, 0.25) is 0 Å². The zero-order chi connectivity index (χ0) is 29.9. The summed E-state index contributed by atoms with van der Waals surface area (Å²) in [6.45, 7) is -1.27. The Morgan fingerprint density at radius 1 is 1.07 bits per heavy atom. The molecule has 1 aliphatic rings. The summed E-state index contributed by atoms with van der Waals surface area (Å²) in [5.74, 6) is -5.24. The van der Waals surface area contributed by atoms with Crippen LogP contribution in [0.25, 0.3) is 0 Å². The van der Waals surface area contributed by atoms with Crippen molar-refractivity contribution in [2.75, 3.05) is 18.4 Å². The number of hydrogen-bond acceptors (Lipinski definition) is 5. The molecule has 0 spiro atoms. The van der Waals surface area contributed by atoms with Crippen LogP contribution in [0.3, 0.4) is 0 Å². The van der Waals surface area contributed by atoms with E-state index < -0.39 is 60.9 Å². The van der Waals surface area contributed by atoms with Gasteiger partial charge >= 0.3 is 6.18 Å². The third-order valence-electron chi connectivity index (χ3n) is 6.18. The number of carbonyl (C=O) groups is 3. The smallest absolute Gasteiger partial charge is 0.343 e. The summed E-state index contributed by atoms with van der Waals surface area (Å²) < 4.78 is 67.0. The van der Waals surface area contributed by atoms with Gasteiger partial charge in [-0.3, -0.25) is 19.1 Å². The Balaban J connectivity index is 1.32. The molecule has 214 valence electrons. The van der Waals surface area contributed by atoms with E-state index in [4.69, 9.17) is 5.26 Å². The second kappa shape index (κ2) is 11.7. The molecule has 0 bridgehead atoms. The predicted molar refractivity (Wildman–Crippen MR) is 138 cm³/mol. The number of nitrogens with one attached hydrogen (secondary N) is 2. The number of carbonyl (C=O) groups excluding carboxylic acids is 3. The van der Waals surface area contributed by atoms with E-state index in [0.717, 1.165) is 34.7 Å². The fourth-order valence-corrected chi connectivity index (χ4v) is 4.56. The van der Waals surface area contributed by atoms with Crippen LogP contribution < -0.4 is 10.6 Å². The van der Waals surface area contributed by atoms with E-state index >= 15 is 0 Å². The Morgan fingerprint density at radius 3 is 2.34 bits per heavy atom. The lowest BCUT2D eigenvalue weighted by Crippen LogP contribution is -2.43. The molecule has 1 atom stereocenters. The van der Waals surface area contributed by atoms with Gasteiger partial charge in [0.15, 0.2) is 0 Å². The highest BCUT2D eigenvalue weighted by molar-refractivity contribution is 9.10. The van der Waals surface area contributed by atoms with Crippen LogP contribution in [0.5, 0.6) is 0 Å². The number of nitriles is 1. The first-order chi connectivity index (χ1) is 19.3. The van der Waals surface area contributed by atoms with Crippen molar-refractivity contribution in [3.05, 3.63) is 81.6 Å². The van der Waals surface area contributed by atoms with E-state index in [1.807, 2.05) is 0 Å². The molecule has 1 fully saturated rings. The third-order valence-corrected chi connectivity index (χ3v) is 7.01. The predicted octanol–water partition coefficient (Wildman–Crippen LogP) is 4.45. The fourth-order valence-electron chi connectivity index (χ4n) is 4.06. The van der Waals surface area contributed by atoms with Crippen molar-refractivity contribution in [3.63, 3.8) is 0 Å². The van der Waals surface area contributed by atoms with E-state index in [1.54, 1.807) is 30.3 Å². The van der Waals surface area contributed by atoms with E-state index in [9.17, 15) is 36.3 Å². The first-order valence-electron chi connectivity index (χ1n) is 11.9. The Bertz CT molecular complexity index is 1500. The molecule has 9 nitrogen and oxygen atoms in total. The van der Waals surface area contributed by atoms with Crippen LogP contribution in [0.4, 0.5) is 27.6 Å². The van der Waals surface area contributed by atoms with Gasteiger partial charge in [-0.05, 0) is 57.9 Å². The first kappa shape index (κ1) is 29.7. The Hall–Kier alpha value is -4.32. The molecule has 4 rings (SSSR count). The number of anilines is 1. The number of amides is 3. The lowest BCUT2D eigenvalue weighted by atomic mass is 10.1. The van der Waals surface area contributed by atoms with Crippen molar-refractivity contribution < 1.29 is 36.3 Å². The molecule has 0 radical (unpaired) electrons. The number of nitrogens with zero attached hydrogens (tertiary/aromatic N) is 4. The van der Waals surface area contributed by atoms with Gasteiger partial charge in [0.1, 0.15) is 10.6 Å². The summed E-state index contributed by atoms with van der Waals surface area (Å²) in [5, 5.41) is 18.1. The van der Waals surface area contributed by atoms with Crippen LogP contribution in [0.15, 0.2) is 59.3 Å². The van der Waals surface area contributed by atoms with Crippen LogP contribution in [-0.2, 0) is 17.5 Å². The second-order valence-electron chi connectivity index (χ2n) is 9.14. The van der Waals surface area contributed by atoms with Gasteiger partial charge in [0.25, 0.3) is 17.7 Å². The molecular weight excluding hydrogens is 619 g/mol. The number of alkyl halides is 5. The normalized spacial score (nSPS) is 16.2. The molecule has 0 saturated carbocycles. The van der Waals surface area contributed by atoms with E-state index in [0.29, 0.717) is 5.69 Å². The monoisotopic (exact) mass is 638 g/mol. The third kappa shape index (κ3) is 7.07. The maximum absolute atomic E-state index is 13.6. The quantitative estimate of drug-likeness (QED) is 0.371. The highest BCUT2D eigenvalue weighted by atomic mass is 79.9. The molecule has 3 aromatic rings. The lowest BCUT2D eigenvalue weighted by molar-refractivity contribution is -0.137. The molecular formula is C26H20BrF5N6O3. The number of benzene rings is 2. The van der Waals surface area contributed by atoms with Crippen molar-refractivity contribution in [1.29, 1.82) is 5.26 Å². The highest BCUT2D eigenvalue weighted by Crippen LogP contribution is 2.32. The number of hydrogen-bond donors (Lipinski definition) is 2. The number of halogens is 6. The van der Waals surface area contributed by atoms with Crippen molar-refractivity contribution in [2.45, 2.75) is 31.1 Å². The summed E-state index contributed by atoms with van der Waals surface area (Å²) in [6, 6.07) is 10.7. The Labute approximate surface area is 238 Å². The van der Waals surface area contributed by atoms with Crippen molar-refractivity contribution >= 4 is 39.3 Å². The van der Waals surface area contributed by atoms with Crippen LogP contribution >= 0.6 is 15.9 Å². The lowest BCUT2D eigenvalue weighted by Gasteiger charge is -2.19. The molecule has 2 aromatic carbocycles. The minimum atomic E-state index is -4.50. The SMILES string of the molecule is N#C[C@@H]1CC(F)(F)CN1C(=O)CNC(=O)c1cnn(Cc2ccc(NC(=O)c3ccc(C(F)(F)F)cc3)cc2)c1Br. The molecule has 1 aromatic heterocycles. The van der Waals surface area contributed by atoms with Gasteiger partial charge in [0, 0.05) is 17.7 Å². The van der Waals surface area contributed by atoms with Gasteiger partial charge in [-0.25, -0.2) is 8.78 Å². The average molecular weight is 639 g/mol. The summed E-state index contributed by atoms with van der Waals surface area (Å²) >= 11 is 3.28. The van der Waals surface area contributed by atoms with Crippen molar-refractivity contribution in [3.8, 4) is 6.07 Å². The maximum Gasteiger partial charge on any atom is 0.416 e. The zero-order valence-corrected chi connectivity index (χ0v) is 22.5. The summed E-state index contributed by atoms with van der Waals surface area (Å²) in [6.07, 6.45) is -4.00. The molecule has 1 aliphatic heterocycles. The largest absolute Gasteiger partial charge is 0.416 e. The molecule has 1 saturated heterocycles. The number of rotatable bonds is 7. The van der Waals surface area contributed by atoms with Gasteiger partial charge in [-0.2, -0.15) is 23.5 Å². The number of likely N-dealkylation sites (tertiary alicyclic amines) is 1. The molecule has 15 heteroatoms. The van der Waals surface area contributed by atoms with Crippen LogP contribution in [-0.4, -0.2) is 57.5 Å². The van der Waals surface area contributed by atoms with Crippen molar-refractivity contribution in [2.24, 2.45) is 0 Å². The fraction of sp³-hybridized carbons (Fsp3) is 0.269. The van der Waals surface area contributed by atoms with Gasteiger partial charge < -0.3 is 15.5 Å². The van der Waals surface area contributed by atoms with Crippen LogP contribution in [0, 0.1) is 11.3 Å². The average Bonchev–Trinajstić information content (AvgIpc) is 3.45. The maximum atomic E-state index is 13.6. The first-order valence-corrected chi connectivity index (χ1v) is 12.7. The Kier molecular flexibility index (Phi) is 8.43.